The van der Waals surface area contributed by atoms with E-state index in [-0.39, 0.29) is 12.3 Å². The van der Waals surface area contributed by atoms with E-state index >= 15 is 0 Å². The molecule has 3 rings (SSSR count). The van der Waals surface area contributed by atoms with Crippen LogP contribution in [0.5, 0.6) is 0 Å². The summed E-state index contributed by atoms with van der Waals surface area (Å²) in [5.41, 5.74) is 1.23. The summed E-state index contributed by atoms with van der Waals surface area (Å²) in [6.45, 7) is 1.05. The van der Waals surface area contributed by atoms with Crippen LogP contribution in [-0.4, -0.2) is 31.7 Å². The van der Waals surface area contributed by atoms with Gasteiger partial charge in [0.25, 0.3) is 0 Å². The zero-order valence-corrected chi connectivity index (χ0v) is 13.3. The normalized spacial score (nSPS) is 15.5. The average Bonchev–Trinajstić information content (AvgIpc) is 3.03. The third-order valence-electron chi connectivity index (χ3n) is 4.59. The maximum Gasteiger partial charge on any atom is 0.310 e. The van der Waals surface area contributed by atoms with Crippen LogP contribution in [0.1, 0.15) is 36.8 Å². The molecule has 0 spiro atoms. The highest BCUT2D eigenvalue weighted by molar-refractivity contribution is 5.85. The maximum absolute atomic E-state index is 12.0. The molecule has 24 heavy (non-hydrogen) atoms. The smallest absolute Gasteiger partial charge is 0.310 e. The molecule has 0 radical (unpaired) electrons. The second-order valence-corrected chi connectivity index (χ2v) is 6.30. The van der Waals surface area contributed by atoms with Crippen molar-refractivity contribution in [2.24, 2.45) is 5.41 Å². The van der Waals surface area contributed by atoms with Crippen molar-refractivity contribution in [3.8, 4) is 0 Å². The summed E-state index contributed by atoms with van der Waals surface area (Å²) in [4.78, 5) is 27.2. The summed E-state index contributed by atoms with van der Waals surface area (Å²) in [5.74, 6) is -1.06. The van der Waals surface area contributed by atoms with Gasteiger partial charge in [0.2, 0.25) is 5.91 Å². The van der Waals surface area contributed by atoms with Crippen LogP contribution in [0.3, 0.4) is 0 Å². The Hall–Kier alpha value is -2.70. The number of rotatable bonds is 7. The van der Waals surface area contributed by atoms with Crippen molar-refractivity contribution in [1.82, 2.24) is 20.1 Å². The Morgan fingerprint density at radius 1 is 1.21 bits per heavy atom. The first kappa shape index (κ1) is 16.2. The van der Waals surface area contributed by atoms with Crippen molar-refractivity contribution in [2.45, 2.75) is 38.8 Å². The molecule has 1 amide bonds. The molecule has 0 bridgehead atoms. The first-order valence-electron chi connectivity index (χ1n) is 7.98. The average molecular weight is 328 g/mol. The van der Waals surface area contributed by atoms with E-state index in [0.29, 0.717) is 25.9 Å². The van der Waals surface area contributed by atoms with Gasteiger partial charge in [-0.2, -0.15) is 5.10 Å². The largest absolute Gasteiger partial charge is 0.481 e. The monoisotopic (exact) mass is 328 g/mol. The van der Waals surface area contributed by atoms with Crippen LogP contribution < -0.4 is 5.32 Å². The van der Waals surface area contributed by atoms with Crippen LogP contribution >= 0.6 is 0 Å². The van der Waals surface area contributed by atoms with Crippen molar-refractivity contribution in [3.05, 3.63) is 48.0 Å². The number of aromatic nitrogens is 3. The van der Waals surface area contributed by atoms with Gasteiger partial charge in [-0.1, -0.05) is 30.7 Å². The molecule has 1 aliphatic rings. The lowest BCUT2D eigenvalue weighted by Gasteiger charge is -2.36. The molecular formula is C17H20N4O3. The van der Waals surface area contributed by atoms with Crippen molar-refractivity contribution < 1.29 is 14.7 Å². The summed E-state index contributed by atoms with van der Waals surface area (Å²) in [6.07, 6.45) is 5.28. The minimum atomic E-state index is -0.860. The lowest BCUT2D eigenvalue weighted by atomic mass is 9.66. The Morgan fingerprint density at radius 2 is 1.92 bits per heavy atom. The standard InChI is InChI=1S/C17H20N4O3/c22-15(8-17(16(23)24)6-1-7-17)19-9-13-2-4-14(5-3-13)10-21-12-18-11-20-21/h2-5,11-12H,1,6-10H2,(H,19,22)(H,23,24). The molecule has 1 saturated carbocycles. The second kappa shape index (κ2) is 6.82. The summed E-state index contributed by atoms with van der Waals surface area (Å²) in [7, 11) is 0. The number of carboxylic acid groups (broad SMARTS) is 1. The first-order valence-corrected chi connectivity index (χ1v) is 7.98. The van der Waals surface area contributed by atoms with Crippen molar-refractivity contribution >= 4 is 11.9 Å². The van der Waals surface area contributed by atoms with E-state index in [4.69, 9.17) is 0 Å². The number of carboxylic acids is 1. The lowest BCUT2D eigenvalue weighted by Crippen LogP contribution is -2.42. The summed E-state index contributed by atoms with van der Waals surface area (Å²) < 4.78 is 1.74. The number of nitrogens with one attached hydrogen (secondary N) is 1. The third kappa shape index (κ3) is 3.61. The van der Waals surface area contributed by atoms with Crippen LogP contribution in [0, 0.1) is 5.41 Å². The van der Waals surface area contributed by atoms with Gasteiger partial charge in [-0.3, -0.25) is 9.59 Å². The molecule has 2 N–H and O–H groups in total. The Labute approximate surface area is 139 Å². The Bertz CT molecular complexity index is 706. The zero-order valence-electron chi connectivity index (χ0n) is 13.3. The molecule has 1 aromatic heterocycles. The van der Waals surface area contributed by atoms with Gasteiger partial charge in [-0.05, 0) is 24.0 Å². The number of benzene rings is 1. The number of nitrogens with zero attached hydrogens (tertiary/aromatic N) is 3. The molecule has 0 atom stereocenters. The van der Waals surface area contributed by atoms with E-state index in [1.807, 2.05) is 24.3 Å². The van der Waals surface area contributed by atoms with Gasteiger partial charge in [0.15, 0.2) is 0 Å². The predicted molar refractivity (Wildman–Crippen MR) is 85.9 cm³/mol. The molecule has 1 aliphatic carbocycles. The molecule has 0 saturated heterocycles. The molecule has 1 heterocycles. The molecular weight excluding hydrogens is 308 g/mol. The summed E-state index contributed by atoms with van der Waals surface area (Å²) in [6, 6.07) is 7.85. The molecule has 2 aromatic rings. The first-order chi connectivity index (χ1) is 11.6. The molecule has 1 fully saturated rings. The predicted octanol–water partition coefficient (Wildman–Crippen LogP) is 1.59. The van der Waals surface area contributed by atoms with Crippen LogP contribution in [0.4, 0.5) is 0 Å². The minimum absolute atomic E-state index is 0.0622. The number of aliphatic carboxylic acids is 1. The minimum Gasteiger partial charge on any atom is -0.481 e. The Balaban J connectivity index is 1.49. The van der Waals surface area contributed by atoms with E-state index in [1.54, 1.807) is 11.0 Å². The highest BCUT2D eigenvalue weighted by Gasteiger charge is 2.45. The molecule has 0 unspecified atom stereocenters. The number of carbonyl (C=O) groups excluding carboxylic acids is 1. The fourth-order valence-corrected chi connectivity index (χ4v) is 2.90. The highest BCUT2D eigenvalue weighted by Crippen LogP contribution is 2.44. The van der Waals surface area contributed by atoms with Crippen LogP contribution in [0.15, 0.2) is 36.9 Å². The summed E-state index contributed by atoms with van der Waals surface area (Å²) >= 11 is 0. The number of hydrogen-bond acceptors (Lipinski definition) is 4. The zero-order chi connectivity index (χ0) is 17.0. The van der Waals surface area contributed by atoms with Crippen molar-refractivity contribution in [1.29, 1.82) is 0 Å². The molecule has 7 nitrogen and oxygen atoms in total. The van der Waals surface area contributed by atoms with Crippen LogP contribution in [0.2, 0.25) is 0 Å². The number of amides is 1. The van der Waals surface area contributed by atoms with Gasteiger partial charge < -0.3 is 10.4 Å². The third-order valence-corrected chi connectivity index (χ3v) is 4.59. The SMILES string of the molecule is O=C(CC1(C(=O)O)CCC1)NCc1ccc(Cn2cncn2)cc1. The molecule has 7 heteroatoms. The van der Waals surface area contributed by atoms with Crippen LogP contribution in [-0.2, 0) is 22.7 Å². The highest BCUT2D eigenvalue weighted by atomic mass is 16.4. The van der Waals surface area contributed by atoms with E-state index in [9.17, 15) is 14.7 Å². The maximum atomic E-state index is 12.0. The van der Waals surface area contributed by atoms with Gasteiger partial charge in [-0.15, -0.1) is 0 Å². The second-order valence-electron chi connectivity index (χ2n) is 6.30. The number of hydrogen-bond donors (Lipinski definition) is 2. The van der Waals surface area contributed by atoms with E-state index in [2.05, 4.69) is 15.4 Å². The van der Waals surface area contributed by atoms with Gasteiger partial charge in [-0.25, -0.2) is 9.67 Å². The lowest BCUT2D eigenvalue weighted by molar-refractivity contribution is -0.157. The van der Waals surface area contributed by atoms with E-state index in [0.717, 1.165) is 17.5 Å². The Kier molecular flexibility index (Phi) is 4.59. The molecule has 0 aliphatic heterocycles. The van der Waals surface area contributed by atoms with Crippen molar-refractivity contribution in [2.75, 3.05) is 0 Å². The van der Waals surface area contributed by atoms with Gasteiger partial charge in [0.1, 0.15) is 12.7 Å². The van der Waals surface area contributed by atoms with Crippen LogP contribution in [0.25, 0.3) is 0 Å². The fraction of sp³-hybridized carbons (Fsp3) is 0.412. The molecule has 1 aromatic carbocycles. The fourth-order valence-electron chi connectivity index (χ4n) is 2.90. The quantitative estimate of drug-likeness (QED) is 0.804. The number of carbonyl (C=O) groups is 2. The summed E-state index contributed by atoms with van der Waals surface area (Å²) in [5, 5.41) is 16.1. The van der Waals surface area contributed by atoms with Gasteiger partial charge >= 0.3 is 5.97 Å². The van der Waals surface area contributed by atoms with Gasteiger partial charge in [0.05, 0.1) is 12.0 Å². The van der Waals surface area contributed by atoms with Gasteiger partial charge in [0, 0.05) is 13.0 Å². The molecule has 126 valence electrons. The van der Waals surface area contributed by atoms with E-state index in [1.165, 1.54) is 6.33 Å². The topological polar surface area (TPSA) is 97.1 Å². The Morgan fingerprint density at radius 3 is 2.46 bits per heavy atom. The van der Waals surface area contributed by atoms with E-state index < -0.39 is 11.4 Å². The van der Waals surface area contributed by atoms with Crippen molar-refractivity contribution in [3.63, 3.8) is 0 Å².